The van der Waals surface area contributed by atoms with Crippen molar-refractivity contribution >= 4 is 17.4 Å². The van der Waals surface area contributed by atoms with Crippen molar-refractivity contribution in [3.8, 4) is 0 Å². The molecule has 0 saturated carbocycles. The van der Waals surface area contributed by atoms with Gasteiger partial charge in [-0.1, -0.05) is 30.3 Å². The third-order valence-corrected chi connectivity index (χ3v) is 4.11. The number of carbonyl (C=O) groups excluding carboxylic acids is 2. The number of hydrogen-bond donors (Lipinski definition) is 2. The number of ether oxygens (including phenoxy) is 1. The predicted molar refractivity (Wildman–Crippen MR) is 92.1 cm³/mol. The molecule has 1 aliphatic heterocycles. The van der Waals surface area contributed by atoms with E-state index in [2.05, 4.69) is 0 Å². The van der Waals surface area contributed by atoms with Crippen LogP contribution in [0.4, 0.5) is 0 Å². The van der Waals surface area contributed by atoms with Crippen LogP contribution in [-0.4, -0.2) is 53.2 Å². The van der Waals surface area contributed by atoms with Crippen LogP contribution in [0.5, 0.6) is 0 Å². The number of likely N-dealkylation sites (tertiary alicyclic amines) is 1. The van der Waals surface area contributed by atoms with E-state index in [1.54, 1.807) is 42.5 Å². The SMILES string of the molecule is O=C1C(=O)N(CCOCCO)C(c2ccco2)C1=C(O)c1ccccc1. The molecule has 1 aliphatic rings. The second-order valence-electron chi connectivity index (χ2n) is 5.71. The number of Topliss-reactive ketones (excluding diaryl/α,β-unsaturated/α-hetero) is 1. The van der Waals surface area contributed by atoms with Gasteiger partial charge in [-0.2, -0.15) is 0 Å². The largest absolute Gasteiger partial charge is 0.507 e. The lowest BCUT2D eigenvalue weighted by atomic mass is 9.99. The Bertz CT molecular complexity index is 797. The van der Waals surface area contributed by atoms with E-state index in [0.717, 1.165) is 0 Å². The van der Waals surface area contributed by atoms with E-state index in [1.807, 2.05) is 0 Å². The number of hydrogen-bond acceptors (Lipinski definition) is 6. The lowest BCUT2D eigenvalue weighted by Crippen LogP contribution is -2.33. The molecule has 1 atom stereocenters. The lowest BCUT2D eigenvalue weighted by molar-refractivity contribution is -0.140. The summed E-state index contributed by atoms with van der Waals surface area (Å²) in [6.45, 7) is 0.283. The molecule has 0 radical (unpaired) electrons. The van der Waals surface area contributed by atoms with Crippen LogP contribution in [0.25, 0.3) is 5.76 Å². The molecule has 1 aromatic carbocycles. The van der Waals surface area contributed by atoms with Crippen LogP contribution in [0, 0.1) is 0 Å². The zero-order valence-electron chi connectivity index (χ0n) is 14.0. The van der Waals surface area contributed by atoms with Crippen molar-refractivity contribution in [3.05, 3.63) is 65.6 Å². The first kappa shape index (κ1) is 17.9. The maximum Gasteiger partial charge on any atom is 0.295 e. The molecular weight excluding hydrogens is 338 g/mol. The minimum absolute atomic E-state index is 0.0155. The van der Waals surface area contributed by atoms with Gasteiger partial charge in [0.05, 0.1) is 31.7 Å². The van der Waals surface area contributed by atoms with Crippen LogP contribution in [0.2, 0.25) is 0 Å². The van der Waals surface area contributed by atoms with E-state index in [1.165, 1.54) is 11.2 Å². The molecule has 0 aliphatic carbocycles. The molecule has 2 heterocycles. The molecule has 1 aromatic heterocycles. The maximum atomic E-state index is 12.6. The quantitative estimate of drug-likeness (QED) is 0.339. The summed E-state index contributed by atoms with van der Waals surface area (Å²) in [7, 11) is 0. The van der Waals surface area contributed by atoms with Gasteiger partial charge in [-0.25, -0.2) is 0 Å². The van der Waals surface area contributed by atoms with E-state index in [9.17, 15) is 14.7 Å². The second-order valence-corrected chi connectivity index (χ2v) is 5.71. The van der Waals surface area contributed by atoms with Crippen LogP contribution < -0.4 is 0 Å². The average Bonchev–Trinajstić information content (AvgIpc) is 3.27. The Morgan fingerprint density at radius 1 is 1.12 bits per heavy atom. The van der Waals surface area contributed by atoms with Crippen molar-refractivity contribution in [1.29, 1.82) is 0 Å². The van der Waals surface area contributed by atoms with E-state index in [4.69, 9.17) is 14.3 Å². The number of rotatable bonds is 7. The lowest BCUT2D eigenvalue weighted by Gasteiger charge is -2.23. The zero-order valence-corrected chi connectivity index (χ0v) is 14.0. The van der Waals surface area contributed by atoms with E-state index < -0.39 is 17.7 Å². The highest BCUT2D eigenvalue weighted by Crippen LogP contribution is 2.39. The van der Waals surface area contributed by atoms with Gasteiger partial charge in [-0.15, -0.1) is 0 Å². The van der Waals surface area contributed by atoms with Crippen LogP contribution in [-0.2, 0) is 14.3 Å². The molecule has 0 spiro atoms. The average molecular weight is 357 g/mol. The third-order valence-electron chi connectivity index (χ3n) is 4.11. The normalized spacial score (nSPS) is 19.3. The molecule has 7 heteroatoms. The van der Waals surface area contributed by atoms with Gasteiger partial charge in [0, 0.05) is 12.1 Å². The molecule has 1 unspecified atom stereocenters. The van der Waals surface area contributed by atoms with Crippen molar-refractivity contribution in [2.24, 2.45) is 0 Å². The Hall–Kier alpha value is -2.90. The van der Waals surface area contributed by atoms with Crippen LogP contribution in [0.15, 0.2) is 58.7 Å². The number of nitrogens with zero attached hydrogens (tertiary/aromatic N) is 1. The smallest absolute Gasteiger partial charge is 0.295 e. The van der Waals surface area contributed by atoms with Crippen LogP contribution in [0.3, 0.4) is 0 Å². The number of aliphatic hydroxyl groups is 2. The molecule has 2 N–H and O–H groups in total. The Labute approximate surface area is 150 Å². The van der Waals surface area contributed by atoms with Crippen LogP contribution in [0.1, 0.15) is 17.4 Å². The summed E-state index contributed by atoms with van der Waals surface area (Å²) in [4.78, 5) is 26.4. The topological polar surface area (TPSA) is 100 Å². The minimum Gasteiger partial charge on any atom is -0.507 e. The Morgan fingerprint density at radius 3 is 2.54 bits per heavy atom. The summed E-state index contributed by atoms with van der Waals surface area (Å²) < 4.78 is 10.6. The maximum absolute atomic E-state index is 12.6. The fraction of sp³-hybridized carbons (Fsp3) is 0.263. The van der Waals surface area contributed by atoms with Crippen molar-refractivity contribution < 1.29 is 29.0 Å². The molecule has 1 saturated heterocycles. The first-order chi connectivity index (χ1) is 12.6. The Kier molecular flexibility index (Phi) is 5.50. The van der Waals surface area contributed by atoms with Crippen molar-refractivity contribution in [1.82, 2.24) is 4.90 Å². The Morgan fingerprint density at radius 2 is 1.88 bits per heavy atom. The third kappa shape index (κ3) is 3.40. The molecule has 1 amide bonds. The number of furan rings is 1. The van der Waals surface area contributed by atoms with Gasteiger partial charge >= 0.3 is 0 Å². The molecular formula is C19H19NO6. The van der Waals surface area contributed by atoms with Crippen molar-refractivity contribution in [3.63, 3.8) is 0 Å². The summed E-state index contributed by atoms with van der Waals surface area (Å²) >= 11 is 0. The molecule has 7 nitrogen and oxygen atoms in total. The number of amides is 1. The summed E-state index contributed by atoms with van der Waals surface area (Å²) in [6.07, 6.45) is 1.44. The van der Waals surface area contributed by atoms with Gasteiger partial charge < -0.3 is 24.3 Å². The summed E-state index contributed by atoms with van der Waals surface area (Å²) in [5, 5.41) is 19.5. The summed E-state index contributed by atoms with van der Waals surface area (Å²) in [6, 6.07) is 11.0. The standard InChI is InChI=1S/C19H19NO6/c21-9-12-25-11-8-20-16(14-7-4-10-26-14)15(18(23)19(20)24)17(22)13-5-2-1-3-6-13/h1-7,10,16,21-22H,8-9,11-12H2. The number of carbonyl (C=O) groups is 2. The number of ketones is 1. The van der Waals surface area contributed by atoms with Gasteiger partial charge in [0.2, 0.25) is 0 Å². The fourth-order valence-electron chi connectivity index (χ4n) is 2.93. The van der Waals surface area contributed by atoms with Crippen LogP contribution >= 0.6 is 0 Å². The highest BCUT2D eigenvalue weighted by molar-refractivity contribution is 6.46. The molecule has 2 aromatic rings. The first-order valence-electron chi connectivity index (χ1n) is 8.21. The highest BCUT2D eigenvalue weighted by atomic mass is 16.5. The molecule has 136 valence electrons. The van der Waals surface area contributed by atoms with E-state index in [-0.39, 0.29) is 37.7 Å². The van der Waals surface area contributed by atoms with Gasteiger partial charge in [-0.3, -0.25) is 9.59 Å². The second kappa shape index (κ2) is 7.99. The monoisotopic (exact) mass is 357 g/mol. The summed E-state index contributed by atoms with van der Waals surface area (Å²) in [5.41, 5.74) is 0.428. The van der Waals surface area contributed by atoms with Gasteiger partial charge in [-0.05, 0) is 12.1 Å². The Balaban J connectivity index is 2.00. The minimum atomic E-state index is -0.831. The van der Waals surface area contributed by atoms with E-state index in [0.29, 0.717) is 11.3 Å². The summed E-state index contributed by atoms with van der Waals surface area (Å²) in [5.74, 6) is -1.36. The van der Waals surface area contributed by atoms with Gasteiger partial charge in [0.25, 0.3) is 11.7 Å². The van der Waals surface area contributed by atoms with Crippen molar-refractivity contribution in [2.45, 2.75) is 6.04 Å². The molecule has 3 rings (SSSR count). The predicted octanol–water partition coefficient (Wildman–Crippen LogP) is 1.71. The molecule has 26 heavy (non-hydrogen) atoms. The highest BCUT2D eigenvalue weighted by Gasteiger charge is 2.47. The van der Waals surface area contributed by atoms with E-state index >= 15 is 0 Å². The van der Waals surface area contributed by atoms with Gasteiger partial charge in [0.1, 0.15) is 17.6 Å². The molecule has 0 bridgehead atoms. The number of benzene rings is 1. The van der Waals surface area contributed by atoms with Crippen molar-refractivity contribution in [2.75, 3.05) is 26.4 Å². The fourth-order valence-corrected chi connectivity index (χ4v) is 2.93. The number of aliphatic hydroxyl groups excluding tert-OH is 2. The first-order valence-corrected chi connectivity index (χ1v) is 8.21. The van der Waals surface area contributed by atoms with Gasteiger partial charge in [0.15, 0.2) is 0 Å². The molecule has 1 fully saturated rings. The zero-order chi connectivity index (χ0) is 18.5.